The molecule has 0 saturated carbocycles. The van der Waals surface area contributed by atoms with Crippen LogP contribution in [0.5, 0.6) is 0 Å². The van der Waals surface area contributed by atoms with Crippen LogP contribution in [0.1, 0.15) is 144 Å². The second kappa shape index (κ2) is 14.8. The number of benzene rings is 4. The van der Waals surface area contributed by atoms with Gasteiger partial charge in [-0.05, 0) is 142 Å². The van der Waals surface area contributed by atoms with E-state index in [9.17, 15) is 18.0 Å². The number of allylic oxidation sites excluding steroid dienone is 2. The maximum atomic E-state index is 13.9. The molecule has 0 saturated heterocycles. The van der Waals surface area contributed by atoms with E-state index in [1.54, 1.807) is 74.5 Å². The summed E-state index contributed by atoms with van der Waals surface area (Å²) in [5.41, 5.74) is 9.25. The van der Waals surface area contributed by atoms with Gasteiger partial charge in [-0.15, -0.1) is 0 Å². The van der Waals surface area contributed by atoms with Crippen molar-refractivity contribution in [3.63, 3.8) is 0 Å². The Morgan fingerprint density at radius 1 is 0.472 bits per heavy atom. The number of hydrogen-bond acceptors (Lipinski definition) is 4. The third-order valence-corrected chi connectivity index (χ3v) is 15.4. The SMILES string of the molecule is Cc1cc(C=CC(=O)c2ccc3c(c2)C(C)C(C)C(C)C3C)ccc1S(=O)(=O)c1ccc(C=CC(=O)c2ccc3c(c2)C(C)C(C)C(C)C3C)cc1C. The highest BCUT2D eigenvalue weighted by Crippen LogP contribution is 2.47. The zero-order valence-corrected chi connectivity index (χ0v) is 33.7. The second-order valence-electron chi connectivity index (χ2n) is 16.2. The first-order valence-corrected chi connectivity index (χ1v) is 20.7. The van der Waals surface area contributed by atoms with Crippen molar-refractivity contribution in [3.8, 4) is 0 Å². The number of rotatable bonds is 8. The standard InChI is InChI=1S/C48H54O4S/c1-27-23-37(11-19-45(49)39-15-17-41-33(7)29(3)31(5)35(9)43(41)25-39)13-21-47(27)53(51,52)48-22-14-38(24-28(48)2)12-20-46(50)40-16-18-42-34(8)30(4)32(6)36(10)44(42)26-40/h11-26,29-36H,1-10H3. The fourth-order valence-electron chi connectivity index (χ4n) is 8.84. The minimum atomic E-state index is -3.82. The van der Waals surface area contributed by atoms with Crippen LogP contribution in [-0.2, 0) is 9.84 Å². The fourth-order valence-corrected chi connectivity index (χ4v) is 10.5. The van der Waals surface area contributed by atoms with Crippen molar-refractivity contribution in [2.75, 3.05) is 0 Å². The molecule has 0 fully saturated rings. The first-order chi connectivity index (χ1) is 25.0. The van der Waals surface area contributed by atoms with Crippen molar-refractivity contribution in [1.29, 1.82) is 0 Å². The molecule has 0 amide bonds. The summed E-state index contributed by atoms with van der Waals surface area (Å²) in [5.74, 6) is 3.79. The van der Waals surface area contributed by atoms with Crippen LogP contribution in [0.3, 0.4) is 0 Å². The molecule has 8 atom stereocenters. The molecule has 0 aromatic heterocycles. The van der Waals surface area contributed by atoms with Gasteiger partial charge in [0, 0.05) is 11.1 Å². The third-order valence-electron chi connectivity index (χ3n) is 13.3. The van der Waals surface area contributed by atoms with Crippen molar-refractivity contribution in [3.05, 3.63) is 141 Å². The lowest BCUT2D eigenvalue weighted by atomic mass is 9.66. The summed E-state index contributed by atoms with van der Waals surface area (Å²) in [5, 5.41) is 0. The van der Waals surface area contributed by atoms with Crippen LogP contribution in [0.15, 0.2) is 94.7 Å². The molecule has 2 aliphatic rings. The number of sulfone groups is 1. The molecule has 5 heteroatoms. The van der Waals surface area contributed by atoms with Crippen molar-refractivity contribution in [2.24, 2.45) is 23.7 Å². The van der Waals surface area contributed by atoms with Gasteiger partial charge in [0.25, 0.3) is 0 Å². The predicted octanol–water partition coefficient (Wildman–Crippen LogP) is 11.9. The van der Waals surface area contributed by atoms with Crippen LogP contribution in [-0.4, -0.2) is 20.0 Å². The molecule has 0 spiro atoms. The van der Waals surface area contributed by atoms with Crippen molar-refractivity contribution in [2.45, 2.75) is 103 Å². The van der Waals surface area contributed by atoms with Gasteiger partial charge in [-0.1, -0.05) is 116 Å². The van der Waals surface area contributed by atoms with Gasteiger partial charge in [0.1, 0.15) is 0 Å². The van der Waals surface area contributed by atoms with Gasteiger partial charge in [0.15, 0.2) is 11.6 Å². The van der Waals surface area contributed by atoms with Gasteiger partial charge in [-0.2, -0.15) is 0 Å². The largest absolute Gasteiger partial charge is 0.289 e. The van der Waals surface area contributed by atoms with E-state index in [1.807, 2.05) is 12.1 Å². The fraction of sp³-hybridized carbons (Fsp3) is 0.375. The molecule has 53 heavy (non-hydrogen) atoms. The third kappa shape index (κ3) is 7.17. The summed E-state index contributed by atoms with van der Waals surface area (Å²) in [7, 11) is -3.82. The van der Waals surface area contributed by atoms with Crippen LogP contribution in [0.2, 0.25) is 0 Å². The zero-order valence-electron chi connectivity index (χ0n) is 32.9. The molecule has 0 heterocycles. The number of carbonyl (C=O) groups excluding carboxylic acids is 2. The van der Waals surface area contributed by atoms with E-state index in [-0.39, 0.29) is 21.4 Å². The molecular weight excluding hydrogens is 673 g/mol. The van der Waals surface area contributed by atoms with E-state index < -0.39 is 9.84 Å². The number of ketones is 2. The molecule has 276 valence electrons. The lowest BCUT2D eigenvalue weighted by Gasteiger charge is -2.39. The topological polar surface area (TPSA) is 68.3 Å². The Hall–Kier alpha value is -4.35. The highest BCUT2D eigenvalue weighted by atomic mass is 32.2. The molecule has 8 unspecified atom stereocenters. The van der Waals surface area contributed by atoms with E-state index in [0.717, 1.165) is 11.1 Å². The van der Waals surface area contributed by atoms with Gasteiger partial charge < -0.3 is 0 Å². The first-order valence-electron chi connectivity index (χ1n) is 19.2. The normalized spacial score (nSPS) is 25.7. The van der Waals surface area contributed by atoms with Crippen LogP contribution in [0, 0.1) is 37.5 Å². The Morgan fingerprint density at radius 2 is 0.811 bits per heavy atom. The number of aryl methyl sites for hydroxylation is 2. The monoisotopic (exact) mass is 726 g/mol. The highest BCUT2D eigenvalue weighted by molar-refractivity contribution is 7.91. The first kappa shape index (κ1) is 38.4. The molecule has 6 rings (SSSR count). The summed E-state index contributed by atoms with van der Waals surface area (Å²) in [4.78, 5) is 26.9. The predicted molar refractivity (Wildman–Crippen MR) is 218 cm³/mol. The Labute approximate surface area is 317 Å². The van der Waals surface area contributed by atoms with Gasteiger partial charge in [0.05, 0.1) is 9.79 Å². The quantitative estimate of drug-likeness (QED) is 0.134. The summed E-state index contributed by atoms with van der Waals surface area (Å²) < 4.78 is 27.8. The van der Waals surface area contributed by atoms with E-state index in [4.69, 9.17) is 0 Å². The van der Waals surface area contributed by atoms with Crippen molar-refractivity contribution >= 4 is 33.6 Å². The molecule has 0 bridgehead atoms. The van der Waals surface area contributed by atoms with Crippen LogP contribution in [0.4, 0.5) is 0 Å². The minimum absolute atomic E-state index is 0.0732. The maximum Gasteiger partial charge on any atom is 0.207 e. The molecule has 0 N–H and O–H groups in total. The van der Waals surface area contributed by atoms with E-state index in [1.165, 1.54) is 22.3 Å². The van der Waals surface area contributed by atoms with Crippen molar-refractivity contribution in [1.82, 2.24) is 0 Å². The Morgan fingerprint density at radius 3 is 1.15 bits per heavy atom. The number of carbonyl (C=O) groups is 2. The zero-order chi connectivity index (χ0) is 38.5. The minimum Gasteiger partial charge on any atom is -0.289 e. The van der Waals surface area contributed by atoms with E-state index >= 15 is 0 Å². The van der Waals surface area contributed by atoms with Gasteiger partial charge in [0.2, 0.25) is 9.84 Å². The maximum absolute atomic E-state index is 13.9. The van der Waals surface area contributed by atoms with E-state index in [2.05, 4.69) is 79.7 Å². The van der Waals surface area contributed by atoms with Crippen LogP contribution < -0.4 is 0 Å². The Bertz CT molecular complexity index is 2100. The van der Waals surface area contributed by atoms with Gasteiger partial charge in [-0.3, -0.25) is 9.59 Å². The lowest BCUT2D eigenvalue weighted by molar-refractivity contribution is 0.103. The van der Waals surface area contributed by atoms with Crippen LogP contribution >= 0.6 is 0 Å². The molecule has 0 radical (unpaired) electrons. The Balaban J connectivity index is 1.16. The van der Waals surface area contributed by atoms with Gasteiger partial charge >= 0.3 is 0 Å². The summed E-state index contributed by atoms with van der Waals surface area (Å²) in [6.45, 7) is 21.8. The summed E-state index contributed by atoms with van der Waals surface area (Å²) in [6.07, 6.45) is 6.65. The molecule has 4 nitrogen and oxygen atoms in total. The molecule has 4 aromatic rings. The van der Waals surface area contributed by atoms with Crippen LogP contribution in [0.25, 0.3) is 12.2 Å². The second-order valence-corrected chi connectivity index (χ2v) is 18.1. The smallest absolute Gasteiger partial charge is 0.207 e. The highest BCUT2D eigenvalue weighted by Gasteiger charge is 2.35. The van der Waals surface area contributed by atoms with Gasteiger partial charge in [-0.25, -0.2) is 8.42 Å². The van der Waals surface area contributed by atoms with Crippen molar-refractivity contribution < 1.29 is 18.0 Å². The number of hydrogen-bond donors (Lipinski definition) is 0. The molecule has 2 aliphatic carbocycles. The Kier molecular flexibility index (Phi) is 10.7. The van der Waals surface area contributed by atoms with E-state index in [0.29, 0.717) is 69.6 Å². The average molecular weight is 727 g/mol. The molecule has 4 aromatic carbocycles. The molecular formula is C48H54O4S. The average Bonchev–Trinajstić information content (AvgIpc) is 3.14. The summed E-state index contributed by atoms with van der Waals surface area (Å²) >= 11 is 0. The lowest BCUT2D eigenvalue weighted by Crippen LogP contribution is -2.27. The number of fused-ring (bicyclic) bond motifs is 2. The molecule has 0 aliphatic heterocycles. The summed E-state index contributed by atoms with van der Waals surface area (Å²) in [6, 6.07) is 22.5.